The smallest absolute Gasteiger partial charge is 0.251 e. The number of amides is 1. The molecule has 0 aliphatic heterocycles. The Labute approximate surface area is 187 Å². The molecule has 1 amide bonds. The van der Waals surface area contributed by atoms with E-state index in [1.807, 2.05) is 85.8 Å². The van der Waals surface area contributed by atoms with Crippen LogP contribution in [0.2, 0.25) is 0 Å². The van der Waals surface area contributed by atoms with E-state index in [1.54, 1.807) is 7.11 Å². The average Bonchev–Trinajstić information content (AvgIpc) is 3.34. The Morgan fingerprint density at radius 2 is 1.78 bits per heavy atom. The molecule has 4 rings (SSSR count). The first kappa shape index (κ1) is 21.2. The van der Waals surface area contributed by atoms with Gasteiger partial charge in [0.05, 0.1) is 25.1 Å². The lowest BCUT2D eigenvalue weighted by molar-refractivity contribution is 0.0950. The quantitative estimate of drug-likeness (QED) is 0.411. The van der Waals surface area contributed by atoms with Gasteiger partial charge in [0.1, 0.15) is 11.5 Å². The van der Waals surface area contributed by atoms with Crippen molar-refractivity contribution in [3.63, 3.8) is 0 Å². The zero-order valence-corrected chi connectivity index (χ0v) is 18.1. The minimum absolute atomic E-state index is 0.135. The third-order valence-electron chi connectivity index (χ3n) is 5.11. The summed E-state index contributed by atoms with van der Waals surface area (Å²) in [5, 5.41) is 10.4. The highest BCUT2D eigenvalue weighted by atomic mass is 16.5. The molecule has 32 heavy (non-hydrogen) atoms. The van der Waals surface area contributed by atoms with Crippen molar-refractivity contribution < 1.29 is 14.3 Å². The third-order valence-corrected chi connectivity index (χ3v) is 5.11. The SMILES string of the molecule is CCOc1ccccc1CNC(=O)c1ccc(-c2cc(-c3cccc(OC)c3)n[nH]2)cc1. The number of nitrogens with one attached hydrogen (secondary N) is 2. The van der Waals surface area contributed by atoms with E-state index in [2.05, 4.69) is 15.5 Å². The first-order valence-corrected chi connectivity index (χ1v) is 10.5. The molecule has 162 valence electrons. The maximum atomic E-state index is 12.6. The number of benzene rings is 3. The van der Waals surface area contributed by atoms with Crippen molar-refractivity contribution in [1.29, 1.82) is 0 Å². The van der Waals surface area contributed by atoms with Gasteiger partial charge in [-0.2, -0.15) is 5.10 Å². The van der Waals surface area contributed by atoms with E-state index >= 15 is 0 Å². The fraction of sp³-hybridized carbons (Fsp3) is 0.154. The number of nitrogens with zero attached hydrogens (tertiary/aromatic N) is 1. The predicted octanol–water partition coefficient (Wildman–Crippen LogP) is 5.08. The molecule has 6 heteroatoms. The molecular weight excluding hydrogens is 402 g/mol. The number of hydrogen-bond donors (Lipinski definition) is 2. The number of carbonyl (C=O) groups is 1. The van der Waals surface area contributed by atoms with Gasteiger partial charge in [-0.3, -0.25) is 9.89 Å². The zero-order chi connectivity index (χ0) is 22.3. The molecular formula is C26H25N3O3. The number of H-pyrrole nitrogens is 1. The van der Waals surface area contributed by atoms with Crippen molar-refractivity contribution in [1.82, 2.24) is 15.5 Å². The number of methoxy groups -OCH3 is 1. The van der Waals surface area contributed by atoms with Crippen molar-refractivity contribution in [2.24, 2.45) is 0 Å². The van der Waals surface area contributed by atoms with Crippen LogP contribution in [0.3, 0.4) is 0 Å². The van der Waals surface area contributed by atoms with Crippen LogP contribution in [0.5, 0.6) is 11.5 Å². The van der Waals surface area contributed by atoms with Gasteiger partial charge in [0, 0.05) is 23.2 Å². The van der Waals surface area contributed by atoms with Crippen LogP contribution in [0.25, 0.3) is 22.5 Å². The number of hydrogen-bond acceptors (Lipinski definition) is 4. The van der Waals surface area contributed by atoms with Gasteiger partial charge in [0.25, 0.3) is 5.91 Å². The Morgan fingerprint density at radius 1 is 0.969 bits per heavy atom. The summed E-state index contributed by atoms with van der Waals surface area (Å²) < 4.78 is 10.9. The summed E-state index contributed by atoms with van der Waals surface area (Å²) in [4.78, 5) is 12.6. The molecule has 0 spiro atoms. The normalized spacial score (nSPS) is 10.6. The second kappa shape index (κ2) is 9.83. The predicted molar refractivity (Wildman–Crippen MR) is 125 cm³/mol. The summed E-state index contributed by atoms with van der Waals surface area (Å²) in [5.74, 6) is 1.44. The van der Waals surface area contributed by atoms with Gasteiger partial charge >= 0.3 is 0 Å². The van der Waals surface area contributed by atoms with Crippen LogP contribution in [0, 0.1) is 0 Å². The van der Waals surface area contributed by atoms with Crippen LogP contribution >= 0.6 is 0 Å². The van der Waals surface area contributed by atoms with Gasteiger partial charge in [-0.15, -0.1) is 0 Å². The second-order valence-corrected chi connectivity index (χ2v) is 7.20. The topological polar surface area (TPSA) is 76.2 Å². The van der Waals surface area contributed by atoms with Gasteiger partial charge in [0.2, 0.25) is 0 Å². The van der Waals surface area contributed by atoms with E-state index in [0.29, 0.717) is 18.7 Å². The molecule has 0 atom stereocenters. The number of aromatic amines is 1. The van der Waals surface area contributed by atoms with E-state index in [9.17, 15) is 4.79 Å². The second-order valence-electron chi connectivity index (χ2n) is 7.20. The zero-order valence-electron chi connectivity index (χ0n) is 18.1. The number of ether oxygens (including phenoxy) is 2. The van der Waals surface area contributed by atoms with Crippen LogP contribution in [0.15, 0.2) is 78.9 Å². The van der Waals surface area contributed by atoms with Crippen LogP contribution in [-0.2, 0) is 6.54 Å². The molecule has 0 fully saturated rings. The molecule has 0 saturated heterocycles. The van der Waals surface area contributed by atoms with Gasteiger partial charge in [-0.1, -0.05) is 42.5 Å². The molecule has 6 nitrogen and oxygen atoms in total. The fourth-order valence-electron chi connectivity index (χ4n) is 3.42. The van der Waals surface area contributed by atoms with Crippen molar-refractivity contribution in [2.75, 3.05) is 13.7 Å². The van der Waals surface area contributed by atoms with E-state index in [0.717, 1.165) is 39.6 Å². The average molecular weight is 428 g/mol. The summed E-state index contributed by atoms with van der Waals surface area (Å²) in [6, 6.07) is 24.9. The number of para-hydroxylation sites is 1. The minimum atomic E-state index is -0.135. The van der Waals surface area contributed by atoms with Crippen molar-refractivity contribution in [2.45, 2.75) is 13.5 Å². The van der Waals surface area contributed by atoms with E-state index in [4.69, 9.17) is 9.47 Å². The molecule has 0 aliphatic carbocycles. The van der Waals surface area contributed by atoms with Gasteiger partial charge < -0.3 is 14.8 Å². The van der Waals surface area contributed by atoms with E-state index < -0.39 is 0 Å². The minimum Gasteiger partial charge on any atom is -0.497 e. The fourth-order valence-corrected chi connectivity index (χ4v) is 3.42. The van der Waals surface area contributed by atoms with Gasteiger partial charge in [-0.05, 0) is 48.9 Å². The molecule has 0 saturated carbocycles. The number of carbonyl (C=O) groups excluding carboxylic acids is 1. The largest absolute Gasteiger partial charge is 0.497 e. The Balaban J connectivity index is 1.43. The van der Waals surface area contributed by atoms with Crippen LogP contribution in [0.1, 0.15) is 22.8 Å². The highest BCUT2D eigenvalue weighted by Crippen LogP contribution is 2.26. The van der Waals surface area contributed by atoms with Gasteiger partial charge in [-0.25, -0.2) is 0 Å². The first-order chi connectivity index (χ1) is 15.7. The highest BCUT2D eigenvalue weighted by molar-refractivity contribution is 5.94. The molecule has 0 unspecified atom stereocenters. The summed E-state index contributed by atoms with van der Waals surface area (Å²) in [7, 11) is 1.64. The standard InChI is InChI=1S/C26H25N3O3/c1-3-32-25-10-5-4-7-21(25)17-27-26(30)19-13-11-18(12-14-19)23-16-24(29-28-23)20-8-6-9-22(15-20)31-2/h4-16H,3,17H2,1-2H3,(H,27,30)(H,28,29). The lowest BCUT2D eigenvalue weighted by Gasteiger charge is -2.11. The van der Waals surface area contributed by atoms with Crippen LogP contribution in [-0.4, -0.2) is 29.8 Å². The molecule has 0 bridgehead atoms. The molecule has 1 heterocycles. The molecule has 2 N–H and O–H groups in total. The third kappa shape index (κ3) is 4.81. The molecule has 0 aliphatic rings. The lowest BCUT2D eigenvalue weighted by Crippen LogP contribution is -2.23. The summed E-state index contributed by atoms with van der Waals surface area (Å²) >= 11 is 0. The van der Waals surface area contributed by atoms with Crippen LogP contribution < -0.4 is 14.8 Å². The highest BCUT2D eigenvalue weighted by Gasteiger charge is 2.10. The summed E-state index contributed by atoms with van der Waals surface area (Å²) in [6.45, 7) is 2.93. The van der Waals surface area contributed by atoms with E-state index in [-0.39, 0.29) is 5.91 Å². The Kier molecular flexibility index (Phi) is 6.51. The van der Waals surface area contributed by atoms with Crippen molar-refractivity contribution >= 4 is 5.91 Å². The maximum Gasteiger partial charge on any atom is 0.251 e. The first-order valence-electron chi connectivity index (χ1n) is 10.5. The summed E-state index contributed by atoms with van der Waals surface area (Å²) in [6.07, 6.45) is 0. The Bertz CT molecular complexity index is 1200. The molecule has 0 radical (unpaired) electrons. The maximum absolute atomic E-state index is 12.6. The number of rotatable bonds is 8. The lowest BCUT2D eigenvalue weighted by atomic mass is 10.1. The molecule has 4 aromatic rings. The molecule has 1 aromatic heterocycles. The van der Waals surface area contributed by atoms with Gasteiger partial charge in [0.15, 0.2) is 0 Å². The summed E-state index contributed by atoms with van der Waals surface area (Å²) in [5.41, 5.74) is 5.16. The van der Waals surface area contributed by atoms with Crippen LogP contribution in [0.4, 0.5) is 0 Å². The van der Waals surface area contributed by atoms with E-state index in [1.165, 1.54) is 0 Å². The molecule has 3 aromatic carbocycles. The number of aromatic nitrogens is 2. The monoisotopic (exact) mass is 427 g/mol. The van der Waals surface area contributed by atoms with Crippen molar-refractivity contribution in [3.8, 4) is 34.0 Å². The van der Waals surface area contributed by atoms with Crippen molar-refractivity contribution in [3.05, 3.63) is 90.0 Å². The Morgan fingerprint density at radius 3 is 2.56 bits per heavy atom. The Hall–Kier alpha value is -4.06.